The molecule has 0 fully saturated rings. The summed E-state index contributed by atoms with van der Waals surface area (Å²) in [6.45, 7) is 13.6. The van der Waals surface area contributed by atoms with Crippen LogP contribution in [-0.2, 0) is 9.47 Å². The molecule has 62 heavy (non-hydrogen) atoms. The lowest BCUT2D eigenvalue weighted by Crippen LogP contribution is -2.35. The van der Waals surface area contributed by atoms with E-state index in [1.807, 2.05) is 0 Å². The fourth-order valence-corrected chi connectivity index (χ4v) is 6.59. The van der Waals surface area contributed by atoms with Gasteiger partial charge in [0.1, 0.15) is 11.2 Å². The van der Waals surface area contributed by atoms with Gasteiger partial charge in [0, 0.05) is 111 Å². The molecule has 2 heterocycles. The molecule has 2 aliphatic carbocycles. The average molecular weight is 851 g/mol. The summed E-state index contributed by atoms with van der Waals surface area (Å²) in [6, 6.07) is 10.1. The lowest BCUT2D eigenvalue weighted by Gasteiger charge is -2.24. The van der Waals surface area contributed by atoms with Gasteiger partial charge in [0.05, 0.1) is 33.4 Å². The van der Waals surface area contributed by atoms with Crippen LogP contribution in [0.25, 0.3) is 0 Å². The monoisotopic (exact) mass is 850 g/mol. The maximum atomic E-state index is 13.2. The van der Waals surface area contributed by atoms with Gasteiger partial charge in [-0.1, -0.05) is 0 Å². The van der Waals surface area contributed by atoms with E-state index in [9.17, 15) is 28.8 Å². The second-order valence-electron chi connectivity index (χ2n) is 16.1. The van der Waals surface area contributed by atoms with Crippen LogP contribution in [0.1, 0.15) is 105 Å². The molecular formula is C44H54N10O8. The van der Waals surface area contributed by atoms with Gasteiger partial charge in [0.25, 0.3) is 0 Å². The number of nitrogens with zero attached hydrogens (tertiary/aromatic N) is 2. The molecule has 4 aromatic rings. The Morgan fingerprint density at radius 1 is 0.484 bits per heavy atom. The number of benzene rings is 2. The maximum absolute atomic E-state index is 13.2. The zero-order chi connectivity index (χ0) is 45.2. The van der Waals surface area contributed by atoms with Gasteiger partial charge in [-0.3, -0.25) is 29.1 Å². The number of pyridine rings is 2. The molecule has 2 amide bonds. The van der Waals surface area contributed by atoms with Crippen molar-refractivity contribution >= 4 is 58.1 Å². The predicted octanol–water partition coefficient (Wildman–Crippen LogP) is 4.33. The van der Waals surface area contributed by atoms with Crippen LogP contribution in [0.4, 0.5) is 32.3 Å². The number of carbonyl (C=O) groups is 6. The van der Waals surface area contributed by atoms with Gasteiger partial charge in [-0.2, -0.15) is 0 Å². The number of ketones is 4. The molecule has 6 rings (SSSR count). The molecule has 18 nitrogen and oxygen atoms in total. The van der Waals surface area contributed by atoms with Gasteiger partial charge >= 0.3 is 12.2 Å². The number of amides is 2. The van der Waals surface area contributed by atoms with E-state index in [0.29, 0.717) is 89.8 Å². The first-order valence-corrected chi connectivity index (χ1v) is 20.2. The third-order valence-electron chi connectivity index (χ3n) is 9.08. The molecule has 2 aromatic carbocycles. The molecule has 10 N–H and O–H groups in total. The Kier molecular flexibility index (Phi) is 15.0. The van der Waals surface area contributed by atoms with Crippen LogP contribution in [0.3, 0.4) is 0 Å². The lowest BCUT2D eigenvalue weighted by atomic mass is 9.83. The number of fused-ring (bicyclic) bond motifs is 4. The van der Waals surface area contributed by atoms with Crippen molar-refractivity contribution < 1.29 is 38.2 Å². The first-order chi connectivity index (χ1) is 29.5. The summed E-state index contributed by atoms with van der Waals surface area (Å²) in [5.74, 6) is -1.06. The van der Waals surface area contributed by atoms with E-state index in [4.69, 9.17) is 20.9 Å². The lowest BCUT2D eigenvalue weighted by molar-refractivity contribution is 0.0518. The molecule has 18 heteroatoms. The molecule has 0 aliphatic heterocycles. The van der Waals surface area contributed by atoms with Gasteiger partial charge in [-0.15, -0.1) is 0 Å². The maximum Gasteiger partial charge on any atom is 0.407 e. The Morgan fingerprint density at radius 2 is 0.790 bits per heavy atom. The first-order valence-electron chi connectivity index (χ1n) is 20.2. The van der Waals surface area contributed by atoms with Crippen molar-refractivity contribution in [1.82, 2.24) is 20.6 Å². The molecule has 0 radical (unpaired) electrons. The number of nitrogens with one attached hydrogen (secondary N) is 6. The van der Waals surface area contributed by atoms with Crippen LogP contribution >= 0.6 is 0 Å². The molecule has 0 saturated heterocycles. The summed E-state index contributed by atoms with van der Waals surface area (Å²) in [4.78, 5) is 84.4. The van der Waals surface area contributed by atoms with E-state index in [-0.39, 0.29) is 52.9 Å². The predicted molar refractivity (Wildman–Crippen MR) is 236 cm³/mol. The van der Waals surface area contributed by atoms with Crippen LogP contribution in [0.5, 0.6) is 0 Å². The number of alkyl carbamates (subject to hydrolysis) is 2. The topological polar surface area (TPSA) is 271 Å². The highest BCUT2D eigenvalue weighted by molar-refractivity contribution is 6.32. The second-order valence-corrected chi connectivity index (χ2v) is 16.1. The molecule has 0 bridgehead atoms. The molecule has 328 valence electrons. The number of rotatable bonds is 14. The summed E-state index contributed by atoms with van der Waals surface area (Å²) in [7, 11) is 0. The Morgan fingerprint density at radius 3 is 1.10 bits per heavy atom. The molecular weight excluding hydrogens is 797 g/mol. The Labute approximate surface area is 359 Å². The molecule has 0 atom stereocenters. The third-order valence-corrected chi connectivity index (χ3v) is 9.08. The highest BCUT2D eigenvalue weighted by Gasteiger charge is 2.35. The minimum atomic E-state index is -0.586. The van der Waals surface area contributed by atoms with Crippen molar-refractivity contribution in [2.75, 3.05) is 73.6 Å². The Hall–Kier alpha value is -6.92. The first kappa shape index (κ1) is 46.2. The van der Waals surface area contributed by atoms with Gasteiger partial charge in [0.15, 0.2) is 23.1 Å². The number of carbonyl (C=O) groups excluding carboxylic acids is 6. The average Bonchev–Trinajstić information content (AvgIpc) is 3.22. The van der Waals surface area contributed by atoms with Crippen LogP contribution in [-0.4, -0.2) is 109 Å². The summed E-state index contributed by atoms with van der Waals surface area (Å²) < 4.78 is 10.4. The van der Waals surface area contributed by atoms with E-state index >= 15 is 0 Å². The number of hydrogen-bond acceptors (Lipinski definition) is 16. The van der Waals surface area contributed by atoms with Gasteiger partial charge in [0.2, 0.25) is 0 Å². The zero-order valence-corrected chi connectivity index (χ0v) is 35.7. The zero-order valence-electron chi connectivity index (χ0n) is 35.7. The largest absolute Gasteiger partial charge is 0.444 e. The van der Waals surface area contributed by atoms with Crippen LogP contribution in [0.2, 0.25) is 0 Å². The fourth-order valence-electron chi connectivity index (χ4n) is 6.59. The molecule has 0 spiro atoms. The minimum Gasteiger partial charge on any atom is -0.444 e. The summed E-state index contributed by atoms with van der Waals surface area (Å²) in [5.41, 5.74) is 14.5. The number of anilines is 4. The summed E-state index contributed by atoms with van der Waals surface area (Å²) >= 11 is 0. The highest BCUT2D eigenvalue weighted by Crippen LogP contribution is 2.37. The normalized spacial score (nSPS) is 12.6. The van der Waals surface area contributed by atoms with Crippen molar-refractivity contribution in [3.63, 3.8) is 0 Å². The van der Waals surface area contributed by atoms with E-state index in [1.165, 1.54) is 24.8 Å². The third kappa shape index (κ3) is 11.3. The minimum absolute atomic E-state index is 0.248. The quantitative estimate of drug-likeness (QED) is 0.0709. The SMILES string of the molecule is CC(C)(C)OC(=O)NCCNc1ccc(NCCN)c2c1C(=O)c1ccncc1C2=O.CC(C)(C)OC(=O)NCCNc1ccc(NCCN)c2c1C(=O)c1cnccc1C2=O. The van der Waals surface area contributed by atoms with Crippen LogP contribution < -0.4 is 43.4 Å². The van der Waals surface area contributed by atoms with E-state index in [0.717, 1.165) is 0 Å². The highest BCUT2D eigenvalue weighted by atomic mass is 16.6. The molecule has 0 saturated carbocycles. The van der Waals surface area contributed by atoms with Crippen molar-refractivity contribution in [3.05, 3.63) is 106 Å². The van der Waals surface area contributed by atoms with Crippen LogP contribution in [0, 0.1) is 0 Å². The van der Waals surface area contributed by atoms with E-state index in [2.05, 4.69) is 41.9 Å². The summed E-state index contributed by atoms with van der Waals surface area (Å²) in [6.07, 6.45) is 4.76. The van der Waals surface area contributed by atoms with Crippen molar-refractivity contribution in [3.8, 4) is 0 Å². The van der Waals surface area contributed by atoms with Crippen LogP contribution in [0.15, 0.2) is 61.2 Å². The Bertz CT molecular complexity index is 2190. The molecule has 0 unspecified atom stereocenters. The van der Waals surface area contributed by atoms with Gasteiger partial charge in [-0.25, -0.2) is 9.59 Å². The number of aromatic nitrogens is 2. The van der Waals surface area contributed by atoms with E-state index in [1.54, 1.807) is 77.9 Å². The number of nitrogens with two attached hydrogens (primary N) is 2. The van der Waals surface area contributed by atoms with Crippen molar-refractivity contribution in [2.45, 2.75) is 52.7 Å². The smallest absolute Gasteiger partial charge is 0.407 e. The Balaban J connectivity index is 0.000000234. The van der Waals surface area contributed by atoms with Gasteiger partial charge < -0.3 is 52.8 Å². The molecule has 2 aliphatic rings. The van der Waals surface area contributed by atoms with Crippen molar-refractivity contribution in [2.24, 2.45) is 11.5 Å². The molecule has 2 aromatic heterocycles. The fraction of sp³-hybridized carbons (Fsp3) is 0.364. The van der Waals surface area contributed by atoms with Crippen molar-refractivity contribution in [1.29, 1.82) is 0 Å². The number of hydrogen-bond donors (Lipinski definition) is 8. The second kappa shape index (κ2) is 20.1. The van der Waals surface area contributed by atoms with E-state index < -0.39 is 23.4 Å². The van der Waals surface area contributed by atoms with Gasteiger partial charge in [-0.05, 0) is 77.9 Å². The standard InChI is InChI=1S/2C22H27N5O4/c1-22(2,3)31-21(30)27-11-10-26-16-5-4-15(25-9-7-23)18-17(16)19(28)13-6-8-24-12-14(13)20(18)29;1-22(2,3)31-21(30)27-11-10-26-16-5-4-15(25-9-7-23)17-18(16)20(29)14-12-24-8-6-13(14)19(17)28/h2*4-6,8,12,25-26H,7,9-11,23H2,1-3H3,(H,27,30). The summed E-state index contributed by atoms with van der Waals surface area (Å²) in [5, 5.41) is 17.8. The number of ether oxygens (including phenoxy) is 2.